The van der Waals surface area contributed by atoms with Crippen LogP contribution in [0.15, 0.2) is 29.2 Å². The molecule has 0 radical (unpaired) electrons. The van der Waals surface area contributed by atoms with Crippen molar-refractivity contribution >= 4 is 25.8 Å². The molecule has 1 unspecified atom stereocenters. The fourth-order valence-electron chi connectivity index (χ4n) is 1.62. The zero-order chi connectivity index (χ0) is 19.5. The average molecular weight is 386 g/mol. The second-order valence-electron chi connectivity index (χ2n) is 8.57. The molecule has 1 aromatic rings. The van der Waals surface area contributed by atoms with Crippen LogP contribution in [0.1, 0.15) is 47.1 Å². The van der Waals surface area contributed by atoms with E-state index in [0.29, 0.717) is 11.5 Å². The summed E-state index contributed by atoms with van der Waals surface area (Å²) in [6.07, 6.45) is -0.698. The third kappa shape index (κ3) is 7.39. The molecule has 1 N–H and O–H groups in total. The molecule has 0 aromatic heterocycles. The molecule has 1 amide bonds. The Morgan fingerprint density at radius 2 is 1.64 bits per heavy atom. The van der Waals surface area contributed by atoms with Gasteiger partial charge >= 0.3 is 6.09 Å². The van der Waals surface area contributed by atoms with Gasteiger partial charge in [0.05, 0.1) is 6.61 Å². The minimum absolute atomic E-state index is 0.159. The van der Waals surface area contributed by atoms with Crippen molar-refractivity contribution in [1.82, 2.24) is 4.72 Å². The maximum atomic E-state index is 12.2. The van der Waals surface area contributed by atoms with Gasteiger partial charge in [-0.05, 0) is 56.6 Å². The minimum Gasteiger partial charge on any atom is -0.588 e. The highest BCUT2D eigenvalue weighted by molar-refractivity contribution is 7.90. The second kappa shape index (κ2) is 8.12. The number of hydrogen-bond acceptors (Lipinski definition) is 4. The molecule has 1 aromatic carbocycles. The summed E-state index contributed by atoms with van der Waals surface area (Å²) in [4.78, 5) is 12.2. The van der Waals surface area contributed by atoms with E-state index in [4.69, 9.17) is 9.16 Å². The summed E-state index contributed by atoms with van der Waals surface area (Å²) in [5, 5.41) is 0.159. The summed E-state index contributed by atoms with van der Waals surface area (Å²) < 4.78 is 25.8. The maximum Gasteiger partial charge on any atom is 0.449 e. The molecule has 0 fully saturated rings. The number of amides is 1. The van der Waals surface area contributed by atoms with E-state index in [2.05, 4.69) is 38.6 Å². The van der Waals surface area contributed by atoms with Gasteiger partial charge < -0.3 is 13.7 Å². The van der Waals surface area contributed by atoms with E-state index in [0.717, 1.165) is 5.56 Å². The van der Waals surface area contributed by atoms with E-state index >= 15 is 0 Å². The summed E-state index contributed by atoms with van der Waals surface area (Å²) in [7, 11) is -1.80. The topological polar surface area (TPSA) is 70.6 Å². The number of benzene rings is 1. The highest BCUT2D eigenvalue weighted by Gasteiger charge is 2.37. The molecule has 142 valence electrons. The molecule has 0 aliphatic carbocycles. The Morgan fingerprint density at radius 3 is 2.08 bits per heavy atom. The van der Waals surface area contributed by atoms with E-state index in [1.807, 2.05) is 12.1 Å². The number of ether oxygens (including phenoxy) is 1. The van der Waals surface area contributed by atoms with Gasteiger partial charge in [-0.2, -0.15) is 0 Å². The molecule has 7 heteroatoms. The van der Waals surface area contributed by atoms with Crippen molar-refractivity contribution in [2.75, 3.05) is 0 Å². The van der Waals surface area contributed by atoms with Gasteiger partial charge in [0.25, 0.3) is 0 Å². The van der Waals surface area contributed by atoms with E-state index in [-0.39, 0.29) is 5.04 Å². The Bertz CT molecular complexity index is 576. The highest BCUT2D eigenvalue weighted by Crippen LogP contribution is 2.37. The first-order valence-corrected chi connectivity index (χ1v) is 12.4. The van der Waals surface area contributed by atoms with Crippen molar-refractivity contribution < 1.29 is 18.5 Å². The number of nitrogens with one attached hydrogen (secondary N) is 1. The average Bonchev–Trinajstić information content (AvgIpc) is 2.42. The Hall–Kier alpha value is -1.02. The molecule has 1 atom stereocenters. The van der Waals surface area contributed by atoms with Crippen LogP contribution in [0, 0.1) is 0 Å². The predicted molar refractivity (Wildman–Crippen MR) is 104 cm³/mol. The lowest BCUT2D eigenvalue weighted by Crippen LogP contribution is -2.40. The molecule has 0 saturated carbocycles. The van der Waals surface area contributed by atoms with E-state index < -0.39 is 31.4 Å². The molecule has 0 saturated heterocycles. The Morgan fingerprint density at radius 1 is 1.12 bits per heavy atom. The predicted octanol–water partition coefficient (Wildman–Crippen LogP) is 4.76. The molecule has 0 aliphatic rings. The van der Waals surface area contributed by atoms with Gasteiger partial charge in [0.1, 0.15) is 17.0 Å². The Kier molecular flexibility index (Phi) is 7.15. The third-order valence-electron chi connectivity index (χ3n) is 4.12. The van der Waals surface area contributed by atoms with E-state index in [1.165, 1.54) is 0 Å². The quantitative estimate of drug-likeness (QED) is 0.586. The summed E-state index contributed by atoms with van der Waals surface area (Å²) >= 11 is -1.65. The van der Waals surface area contributed by atoms with Gasteiger partial charge in [-0.3, -0.25) is 0 Å². The maximum absolute atomic E-state index is 12.2. The largest absolute Gasteiger partial charge is 0.588 e. The van der Waals surface area contributed by atoms with Crippen molar-refractivity contribution in [3.05, 3.63) is 29.8 Å². The fraction of sp³-hybridized carbons (Fsp3) is 0.611. The lowest BCUT2D eigenvalue weighted by molar-refractivity contribution is 0.0570. The van der Waals surface area contributed by atoms with Crippen LogP contribution in [-0.2, 0) is 27.1 Å². The van der Waals surface area contributed by atoms with Gasteiger partial charge in [0, 0.05) is 0 Å². The van der Waals surface area contributed by atoms with Crippen LogP contribution in [0.5, 0.6) is 0 Å². The molecule has 0 spiro atoms. The van der Waals surface area contributed by atoms with Crippen LogP contribution in [0.4, 0.5) is 4.79 Å². The monoisotopic (exact) mass is 385 g/mol. The van der Waals surface area contributed by atoms with Crippen LogP contribution in [0.25, 0.3) is 0 Å². The highest BCUT2D eigenvalue weighted by atomic mass is 32.2. The fourth-order valence-corrected chi connectivity index (χ4v) is 3.28. The van der Waals surface area contributed by atoms with Crippen molar-refractivity contribution in [3.63, 3.8) is 0 Å². The second-order valence-corrected chi connectivity index (χ2v) is 14.6. The third-order valence-corrected chi connectivity index (χ3v) is 9.65. The zero-order valence-corrected chi connectivity index (χ0v) is 18.4. The number of hydrogen-bond donors (Lipinski definition) is 1. The van der Waals surface area contributed by atoms with Crippen molar-refractivity contribution in [3.8, 4) is 0 Å². The smallest absolute Gasteiger partial charge is 0.449 e. The lowest BCUT2D eigenvalue weighted by Gasteiger charge is -2.36. The normalized spacial score (nSPS) is 14.1. The van der Waals surface area contributed by atoms with Gasteiger partial charge in [-0.15, -0.1) is 4.72 Å². The van der Waals surface area contributed by atoms with Crippen LogP contribution in [-0.4, -0.2) is 24.6 Å². The van der Waals surface area contributed by atoms with Crippen LogP contribution in [0.2, 0.25) is 18.1 Å². The summed E-state index contributed by atoms with van der Waals surface area (Å²) in [5.74, 6) is 0. The SMILES string of the molecule is CC(C)(C)OC(=O)N[S+]([O-])c1ccc(CO[Si](C)(C)C(C)(C)C)cc1. The first-order chi connectivity index (χ1) is 11.2. The number of rotatable bonds is 5. The molecular weight excluding hydrogens is 354 g/mol. The first-order valence-electron chi connectivity index (χ1n) is 8.36. The van der Waals surface area contributed by atoms with Crippen molar-refractivity contribution in [2.24, 2.45) is 0 Å². The van der Waals surface area contributed by atoms with Crippen LogP contribution < -0.4 is 4.72 Å². The lowest BCUT2D eigenvalue weighted by atomic mass is 10.2. The molecule has 25 heavy (non-hydrogen) atoms. The summed E-state index contributed by atoms with van der Waals surface area (Å²) in [6.45, 7) is 16.8. The van der Waals surface area contributed by atoms with Gasteiger partial charge in [-0.25, -0.2) is 4.79 Å². The first kappa shape index (κ1) is 22.0. The Labute approximate surface area is 155 Å². The standard InChI is InChI=1S/C18H31NO4SSi/c1-17(2,3)23-16(20)19-24(21)15-11-9-14(10-12-15)13-22-25(7,8)18(4,5)6/h9-12H,13H2,1-8H3,(H,19,20). The van der Waals surface area contributed by atoms with Gasteiger partial charge in [-0.1, -0.05) is 32.9 Å². The number of carbonyl (C=O) groups is 1. The van der Waals surface area contributed by atoms with Crippen LogP contribution >= 0.6 is 0 Å². The molecule has 0 aliphatic heterocycles. The molecule has 0 heterocycles. The minimum atomic E-state index is -1.80. The van der Waals surface area contributed by atoms with E-state index in [9.17, 15) is 9.35 Å². The van der Waals surface area contributed by atoms with Crippen molar-refractivity contribution in [1.29, 1.82) is 0 Å². The van der Waals surface area contributed by atoms with Crippen molar-refractivity contribution in [2.45, 2.75) is 76.8 Å². The Balaban J connectivity index is 2.63. The summed E-state index contributed by atoms with van der Waals surface area (Å²) in [5.41, 5.74) is 0.391. The molecular formula is C18H31NO4SSi. The molecule has 1 rings (SSSR count). The van der Waals surface area contributed by atoms with Crippen LogP contribution in [0.3, 0.4) is 0 Å². The molecule has 0 bridgehead atoms. The zero-order valence-electron chi connectivity index (χ0n) is 16.6. The molecule has 5 nitrogen and oxygen atoms in total. The van der Waals surface area contributed by atoms with Gasteiger partial charge in [0.15, 0.2) is 13.2 Å². The summed E-state index contributed by atoms with van der Waals surface area (Å²) in [6, 6.07) is 7.21. The number of carbonyl (C=O) groups excluding carboxylic acids is 1. The van der Waals surface area contributed by atoms with E-state index in [1.54, 1.807) is 32.9 Å². The van der Waals surface area contributed by atoms with Gasteiger partial charge in [0.2, 0.25) is 0 Å².